The number of aryl methyl sites for hydroxylation is 1. The molecule has 2 heterocycles. The molecular weight excluding hydrogens is 376 g/mol. The lowest BCUT2D eigenvalue weighted by Gasteiger charge is -2.42. The Bertz CT molecular complexity index is 1230. The third-order valence-corrected chi connectivity index (χ3v) is 5.92. The molecule has 0 aliphatic heterocycles. The molecule has 0 unspecified atom stereocenters. The zero-order chi connectivity index (χ0) is 20.7. The molecule has 0 bridgehead atoms. The molecule has 1 amide bonds. The van der Waals surface area contributed by atoms with Crippen molar-refractivity contribution in [1.29, 1.82) is 0 Å². The van der Waals surface area contributed by atoms with Crippen LogP contribution < -0.4 is 5.32 Å². The fourth-order valence-electron chi connectivity index (χ4n) is 4.26. The van der Waals surface area contributed by atoms with Gasteiger partial charge in [-0.25, -0.2) is 14.3 Å². The van der Waals surface area contributed by atoms with E-state index in [2.05, 4.69) is 28.5 Å². The first-order valence-electron chi connectivity index (χ1n) is 10.1. The van der Waals surface area contributed by atoms with Crippen LogP contribution in [0.5, 0.6) is 0 Å². The number of hydrogen-bond donors (Lipinski definition) is 2. The third kappa shape index (κ3) is 3.10. The summed E-state index contributed by atoms with van der Waals surface area (Å²) in [7, 11) is 0. The van der Waals surface area contributed by atoms with Crippen molar-refractivity contribution in [3.8, 4) is 22.4 Å². The average molecular weight is 398 g/mol. The predicted molar refractivity (Wildman–Crippen MR) is 115 cm³/mol. The first-order chi connectivity index (χ1) is 14.5. The van der Waals surface area contributed by atoms with Crippen molar-refractivity contribution in [2.24, 2.45) is 0 Å². The SMILES string of the molecule is Cc1cn2nc(-c3ccc(C4(NC(=O)O)CCC4)cc3)c(-c3ccccc3)cc2n1. The largest absolute Gasteiger partial charge is 0.465 e. The number of imidazole rings is 1. The molecule has 2 aromatic heterocycles. The molecule has 2 aromatic carbocycles. The highest BCUT2D eigenvalue weighted by atomic mass is 16.4. The molecule has 6 heteroatoms. The number of aromatic nitrogens is 3. The summed E-state index contributed by atoms with van der Waals surface area (Å²) in [6.07, 6.45) is 3.62. The van der Waals surface area contributed by atoms with Crippen molar-refractivity contribution in [2.45, 2.75) is 31.7 Å². The lowest BCUT2D eigenvalue weighted by Crippen LogP contribution is -2.50. The van der Waals surface area contributed by atoms with Crippen LogP contribution in [-0.2, 0) is 5.54 Å². The molecule has 2 N–H and O–H groups in total. The zero-order valence-corrected chi connectivity index (χ0v) is 16.7. The molecule has 6 nitrogen and oxygen atoms in total. The van der Waals surface area contributed by atoms with E-state index in [-0.39, 0.29) is 0 Å². The van der Waals surface area contributed by atoms with Gasteiger partial charge in [0.2, 0.25) is 0 Å². The number of rotatable bonds is 4. The van der Waals surface area contributed by atoms with Gasteiger partial charge in [0.25, 0.3) is 0 Å². The van der Waals surface area contributed by atoms with Crippen molar-refractivity contribution >= 4 is 11.7 Å². The fraction of sp³-hybridized carbons (Fsp3) is 0.208. The van der Waals surface area contributed by atoms with Gasteiger partial charge in [-0.1, -0.05) is 54.6 Å². The highest BCUT2D eigenvalue weighted by Gasteiger charge is 2.40. The number of amides is 1. The van der Waals surface area contributed by atoms with Crippen LogP contribution in [-0.4, -0.2) is 25.8 Å². The minimum atomic E-state index is -0.979. The van der Waals surface area contributed by atoms with Gasteiger partial charge in [0.15, 0.2) is 5.65 Å². The molecule has 1 fully saturated rings. The summed E-state index contributed by atoms with van der Waals surface area (Å²) in [5.41, 5.74) is 6.21. The summed E-state index contributed by atoms with van der Waals surface area (Å²) in [6, 6.07) is 20.3. The molecule has 150 valence electrons. The molecule has 4 aromatic rings. The van der Waals surface area contributed by atoms with Crippen LogP contribution in [0.15, 0.2) is 66.9 Å². The Labute approximate surface area is 174 Å². The number of fused-ring (bicyclic) bond motifs is 1. The van der Waals surface area contributed by atoms with Crippen molar-refractivity contribution in [1.82, 2.24) is 19.9 Å². The Morgan fingerprint density at radius 2 is 1.80 bits per heavy atom. The number of carbonyl (C=O) groups is 1. The van der Waals surface area contributed by atoms with E-state index in [1.54, 1.807) is 0 Å². The van der Waals surface area contributed by atoms with E-state index >= 15 is 0 Å². The quantitative estimate of drug-likeness (QED) is 0.506. The summed E-state index contributed by atoms with van der Waals surface area (Å²) < 4.78 is 1.81. The van der Waals surface area contributed by atoms with Gasteiger partial charge in [-0.05, 0) is 43.4 Å². The monoisotopic (exact) mass is 398 g/mol. The van der Waals surface area contributed by atoms with Crippen LogP contribution in [0.1, 0.15) is 30.5 Å². The van der Waals surface area contributed by atoms with E-state index in [0.717, 1.165) is 58.6 Å². The van der Waals surface area contributed by atoms with E-state index in [1.165, 1.54) is 0 Å². The van der Waals surface area contributed by atoms with E-state index in [0.29, 0.717) is 0 Å². The van der Waals surface area contributed by atoms with Crippen molar-refractivity contribution in [3.05, 3.63) is 78.1 Å². The Kier molecular flexibility index (Phi) is 4.28. The van der Waals surface area contributed by atoms with Crippen LogP contribution in [0.25, 0.3) is 28.0 Å². The van der Waals surface area contributed by atoms with E-state index in [1.807, 2.05) is 60.1 Å². The lowest BCUT2D eigenvalue weighted by atomic mass is 9.71. The van der Waals surface area contributed by atoms with Gasteiger partial charge < -0.3 is 10.4 Å². The predicted octanol–water partition coefficient (Wildman–Crippen LogP) is 5.02. The maximum atomic E-state index is 11.3. The summed E-state index contributed by atoms with van der Waals surface area (Å²) in [6.45, 7) is 1.96. The lowest BCUT2D eigenvalue weighted by molar-refractivity contribution is 0.144. The summed E-state index contributed by atoms with van der Waals surface area (Å²) >= 11 is 0. The second-order valence-corrected chi connectivity index (χ2v) is 7.90. The smallest absolute Gasteiger partial charge is 0.405 e. The normalized spacial score (nSPS) is 15.0. The Balaban J connectivity index is 1.61. The Morgan fingerprint density at radius 3 is 2.43 bits per heavy atom. The van der Waals surface area contributed by atoms with Gasteiger partial charge in [0.1, 0.15) is 0 Å². The highest BCUT2D eigenvalue weighted by molar-refractivity contribution is 5.82. The van der Waals surface area contributed by atoms with Crippen molar-refractivity contribution in [3.63, 3.8) is 0 Å². The molecule has 0 spiro atoms. The summed E-state index contributed by atoms with van der Waals surface area (Å²) in [4.78, 5) is 15.8. The number of hydrogen-bond acceptors (Lipinski definition) is 3. The topological polar surface area (TPSA) is 79.5 Å². The van der Waals surface area contributed by atoms with Crippen LogP contribution in [0, 0.1) is 6.92 Å². The first-order valence-corrected chi connectivity index (χ1v) is 10.1. The molecule has 30 heavy (non-hydrogen) atoms. The third-order valence-electron chi connectivity index (χ3n) is 5.92. The van der Waals surface area contributed by atoms with E-state index < -0.39 is 11.6 Å². The molecular formula is C24H22N4O2. The molecule has 1 aliphatic carbocycles. The van der Waals surface area contributed by atoms with Crippen molar-refractivity contribution in [2.75, 3.05) is 0 Å². The van der Waals surface area contributed by atoms with Crippen LogP contribution in [0.3, 0.4) is 0 Å². The average Bonchev–Trinajstić information content (AvgIpc) is 3.09. The van der Waals surface area contributed by atoms with Crippen LogP contribution >= 0.6 is 0 Å². The highest BCUT2D eigenvalue weighted by Crippen LogP contribution is 2.42. The van der Waals surface area contributed by atoms with E-state index in [4.69, 9.17) is 5.10 Å². The number of carboxylic acid groups (broad SMARTS) is 1. The van der Waals surface area contributed by atoms with E-state index in [9.17, 15) is 9.90 Å². The van der Waals surface area contributed by atoms with Gasteiger partial charge in [-0.2, -0.15) is 5.10 Å². The maximum Gasteiger partial charge on any atom is 0.405 e. The Morgan fingerprint density at radius 1 is 1.07 bits per heavy atom. The molecule has 5 rings (SSSR count). The van der Waals surface area contributed by atoms with Gasteiger partial charge in [0, 0.05) is 11.1 Å². The van der Waals surface area contributed by atoms with Crippen LogP contribution in [0.4, 0.5) is 4.79 Å². The number of nitrogens with one attached hydrogen (secondary N) is 1. The molecule has 1 aliphatic rings. The molecule has 0 atom stereocenters. The number of nitrogens with zero attached hydrogens (tertiary/aromatic N) is 3. The second-order valence-electron chi connectivity index (χ2n) is 7.90. The van der Waals surface area contributed by atoms with Crippen LogP contribution in [0.2, 0.25) is 0 Å². The molecule has 0 radical (unpaired) electrons. The summed E-state index contributed by atoms with van der Waals surface area (Å²) in [5, 5.41) is 16.8. The first kappa shape index (κ1) is 18.4. The van der Waals surface area contributed by atoms with Crippen molar-refractivity contribution < 1.29 is 9.90 Å². The zero-order valence-electron chi connectivity index (χ0n) is 16.7. The Hall–Kier alpha value is -3.67. The second kappa shape index (κ2) is 6.99. The number of benzene rings is 2. The molecule has 0 saturated heterocycles. The van der Waals surface area contributed by atoms with Gasteiger partial charge in [-0.3, -0.25) is 0 Å². The van der Waals surface area contributed by atoms with Gasteiger partial charge in [-0.15, -0.1) is 0 Å². The maximum absolute atomic E-state index is 11.3. The minimum absolute atomic E-state index is 0.467. The van der Waals surface area contributed by atoms with Gasteiger partial charge >= 0.3 is 6.09 Å². The standard InChI is InChI=1S/C24H22N4O2/c1-16-15-28-21(25-16)14-20(17-6-3-2-4-7-17)22(27-28)18-8-10-19(11-9-18)24(12-5-13-24)26-23(29)30/h2-4,6-11,14-15,26H,5,12-13H2,1H3,(H,29,30). The summed E-state index contributed by atoms with van der Waals surface area (Å²) in [5.74, 6) is 0. The molecule has 1 saturated carbocycles. The van der Waals surface area contributed by atoms with Gasteiger partial charge in [0.05, 0.1) is 23.1 Å². The minimum Gasteiger partial charge on any atom is -0.465 e. The fourth-order valence-corrected chi connectivity index (χ4v) is 4.26.